The van der Waals surface area contributed by atoms with Gasteiger partial charge in [-0.1, -0.05) is 13.8 Å². The number of nitrogens with zero attached hydrogens (tertiary/aromatic N) is 6. The number of hydrogen-bond donors (Lipinski definition) is 2. The van der Waals surface area contributed by atoms with Crippen molar-refractivity contribution in [2.75, 3.05) is 5.32 Å². The van der Waals surface area contributed by atoms with Gasteiger partial charge in [-0.15, -0.1) is 0 Å². The molecule has 0 aromatic carbocycles. The van der Waals surface area contributed by atoms with Crippen LogP contribution in [0.2, 0.25) is 0 Å². The fraction of sp³-hybridized carbons (Fsp3) is 0.292. The molecule has 0 fully saturated rings. The maximum atomic E-state index is 13.9. The first-order valence-electron chi connectivity index (χ1n) is 11.1. The van der Waals surface area contributed by atoms with Crippen molar-refractivity contribution in [2.45, 2.75) is 45.1 Å². The van der Waals surface area contributed by atoms with Crippen molar-refractivity contribution in [3.63, 3.8) is 0 Å². The van der Waals surface area contributed by atoms with E-state index in [1.807, 2.05) is 18.6 Å². The molecule has 0 radical (unpaired) electrons. The molecule has 6 rings (SSSR count). The SMILES string of the molecule is CC(C)c1cnn2c(N[C@H]3CCc4[nH]c5cnccc5c4C3)nc(-c3cncc(F)c3)nc12. The average molecular weight is 443 g/mol. The monoisotopic (exact) mass is 442 g/mol. The number of halogens is 1. The summed E-state index contributed by atoms with van der Waals surface area (Å²) in [5.74, 6) is 0.840. The Bertz CT molecular complexity index is 1480. The van der Waals surface area contributed by atoms with Crippen LogP contribution in [-0.4, -0.2) is 40.6 Å². The van der Waals surface area contributed by atoms with Crippen molar-refractivity contribution >= 4 is 22.5 Å². The molecular weight excluding hydrogens is 419 g/mol. The number of aryl methyl sites for hydroxylation is 1. The molecule has 5 aromatic rings. The third-order valence-electron chi connectivity index (χ3n) is 6.30. The molecule has 8 nitrogen and oxygen atoms in total. The van der Waals surface area contributed by atoms with E-state index in [4.69, 9.17) is 9.97 Å². The molecule has 1 aliphatic rings. The molecule has 9 heteroatoms. The fourth-order valence-corrected chi connectivity index (χ4v) is 4.64. The highest BCUT2D eigenvalue weighted by molar-refractivity contribution is 5.84. The third-order valence-corrected chi connectivity index (χ3v) is 6.30. The van der Waals surface area contributed by atoms with Gasteiger partial charge in [-0.25, -0.2) is 9.37 Å². The van der Waals surface area contributed by atoms with Gasteiger partial charge >= 0.3 is 0 Å². The summed E-state index contributed by atoms with van der Waals surface area (Å²) in [6.07, 6.45) is 11.0. The molecular formula is C24H23FN8. The molecule has 1 aliphatic carbocycles. The van der Waals surface area contributed by atoms with Crippen LogP contribution in [0.3, 0.4) is 0 Å². The Morgan fingerprint density at radius 1 is 1.15 bits per heavy atom. The van der Waals surface area contributed by atoms with Gasteiger partial charge in [0.05, 0.1) is 24.1 Å². The number of hydrogen-bond acceptors (Lipinski definition) is 6. The van der Waals surface area contributed by atoms with Gasteiger partial charge in [0.1, 0.15) is 5.82 Å². The summed E-state index contributed by atoms with van der Waals surface area (Å²) >= 11 is 0. The summed E-state index contributed by atoms with van der Waals surface area (Å²) in [6, 6.07) is 3.64. The van der Waals surface area contributed by atoms with Crippen molar-refractivity contribution in [3.8, 4) is 11.4 Å². The normalized spacial score (nSPS) is 15.9. The maximum Gasteiger partial charge on any atom is 0.228 e. The standard InChI is InChI=1S/C24H23FN8/c1-13(2)19-11-28-33-23(19)31-22(14-7-15(25)10-27-9-14)32-24(33)29-16-3-4-20-18(8-16)17-5-6-26-12-21(17)30-20/h5-7,9-13,16,30H,3-4,8H2,1-2H3,(H,29,31,32)/t16-/m0/s1. The Balaban J connectivity index is 1.41. The number of nitrogens with one attached hydrogen (secondary N) is 2. The number of rotatable bonds is 4. The zero-order valence-electron chi connectivity index (χ0n) is 18.4. The minimum absolute atomic E-state index is 0.174. The predicted octanol–water partition coefficient (Wildman–Crippen LogP) is 4.29. The van der Waals surface area contributed by atoms with E-state index in [1.54, 1.807) is 10.7 Å². The van der Waals surface area contributed by atoms with E-state index in [9.17, 15) is 4.39 Å². The Labute approximate surface area is 189 Å². The van der Waals surface area contributed by atoms with E-state index in [-0.39, 0.29) is 12.0 Å². The van der Waals surface area contributed by atoms with Crippen molar-refractivity contribution in [1.82, 2.24) is 34.5 Å². The summed E-state index contributed by atoms with van der Waals surface area (Å²) in [5.41, 5.74) is 5.93. The lowest BCUT2D eigenvalue weighted by molar-refractivity contribution is 0.599. The first-order chi connectivity index (χ1) is 16.1. The Morgan fingerprint density at radius 3 is 2.91 bits per heavy atom. The van der Waals surface area contributed by atoms with Crippen LogP contribution in [0, 0.1) is 5.82 Å². The molecule has 2 N–H and O–H groups in total. The summed E-state index contributed by atoms with van der Waals surface area (Å²) in [6.45, 7) is 4.20. The van der Waals surface area contributed by atoms with Crippen LogP contribution in [-0.2, 0) is 12.8 Å². The largest absolute Gasteiger partial charge is 0.357 e. The van der Waals surface area contributed by atoms with Crippen LogP contribution >= 0.6 is 0 Å². The molecule has 5 heterocycles. The average Bonchev–Trinajstić information content (AvgIpc) is 3.41. The number of fused-ring (bicyclic) bond motifs is 4. The fourth-order valence-electron chi connectivity index (χ4n) is 4.64. The molecule has 0 aliphatic heterocycles. The third kappa shape index (κ3) is 3.40. The van der Waals surface area contributed by atoms with Crippen molar-refractivity contribution < 1.29 is 4.39 Å². The van der Waals surface area contributed by atoms with Gasteiger partial charge in [0, 0.05) is 40.6 Å². The first-order valence-corrected chi connectivity index (χ1v) is 11.1. The molecule has 0 spiro atoms. The molecule has 1 atom stereocenters. The summed E-state index contributed by atoms with van der Waals surface area (Å²) in [4.78, 5) is 21.2. The minimum atomic E-state index is -0.420. The van der Waals surface area contributed by atoms with Crippen LogP contribution in [0.1, 0.15) is 43.0 Å². The Morgan fingerprint density at radius 2 is 2.06 bits per heavy atom. The van der Waals surface area contributed by atoms with Crippen molar-refractivity contribution in [1.29, 1.82) is 0 Å². The van der Waals surface area contributed by atoms with Gasteiger partial charge in [0.25, 0.3) is 0 Å². The number of aromatic amines is 1. The van der Waals surface area contributed by atoms with E-state index in [0.717, 1.165) is 36.0 Å². The molecule has 0 unspecified atom stereocenters. The summed E-state index contributed by atoms with van der Waals surface area (Å²) < 4.78 is 15.6. The van der Waals surface area contributed by atoms with Crippen LogP contribution in [0.5, 0.6) is 0 Å². The van der Waals surface area contributed by atoms with Gasteiger partial charge < -0.3 is 10.3 Å². The van der Waals surface area contributed by atoms with E-state index in [2.05, 4.69) is 45.3 Å². The Kier molecular flexibility index (Phi) is 4.56. The van der Waals surface area contributed by atoms with Gasteiger partial charge in [-0.05, 0) is 42.9 Å². The highest BCUT2D eigenvalue weighted by atomic mass is 19.1. The van der Waals surface area contributed by atoms with Gasteiger partial charge in [0.2, 0.25) is 5.95 Å². The van der Waals surface area contributed by atoms with Gasteiger partial charge in [-0.3, -0.25) is 9.97 Å². The van der Waals surface area contributed by atoms with Crippen LogP contribution in [0.25, 0.3) is 27.9 Å². The van der Waals surface area contributed by atoms with Crippen LogP contribution < -0.4 is 5.32 Å². The van der Waals surface area contributed by atoms with E-state index >= 15 is 0 Å². The molecule has 0 saturated carbocycles. The smallest absolute Gasteiger partial charge is 0.228 e. The van der Waals surface area contributed by atoms with Crippen molar-refractivity contribution in [2.24, 2.45) is 0 Å². The van der Waals surface area contributed by atoms with Gasteiger partial charge in [-0.2, -0.15) is 14.6 Å². The first kappa shape index (κ1) is 19.8. The molecule has 5 aromatic heterocycles. The predicted molar refractivity (Wildman–Crippen MR) is 124 cm³/mol. The summed E-state index contributed by atoms with van der Waals surface area (Å²) in [7, 11) is 0. The topological polar surface area (TPSA) is 96.7 Å². The van der Waals surface area contributed by atoms with Gasteiger partial charge in [0.15, 0.2) is 11.5 Å². The van der Waals surface area contributed by atoms with E-state index in [1.165, 1.54) is 28.9 Å². The highest BCUT2D eigenvalue weighted by Crippen LogP contribution is 2.31. The zero-order valence-corrected chi connectivity index (χ0v) is 18.4. The van der Waals surface area contributed by atoms with E-state index < -0.39 is 5.82 Å². The van der Waals surface area contributed by atoms with Crippen LogP contribution in [0.4, 0.5) is 10.3 Å². The number of H-pyrrole nitrogens is 1. The number of anilines is 1. The van der Waals surface area contributed by atoms with Crippen molar-refractivity contribution in [3.05, 3.63) is 65.8 Å². The molecule has 0 amide bonds. The quantitative estimate of drug-likeness (QED) is 0.431. The molecule has 33 heavy (non-hydrogen) atoms. The molecule has 0 bridgehead atoms. The maximum absolute atomic E-state index is 13.9. The Hall–Kier alpha value is -3.88. The lowest BCUT2D eigenvalue weighted by Crippen LogP contribution is -2.29. The van der Waals surface area contributed by atoms with Crippen LogP contribution in [0.15, 0.2) is 43.1 Å². The summed E-state index contributed by atoms with van der Waals surface area (Å²) in [5, 5.41) is 9.38. The second-order valence-corrected chi connectivity index (χ2v) is 8.84. The molecule has 166 valence electrons. The second kappa shape index (κ2) is 7.61. The number of pyridine rings is 2. The zero-order chi connectivity index (χ0) is 22.5. The molecule has 0 saturated heterocycles. The lowest BCUT2D eigenvalue weighted by atomic mass is 9.92. The second-order valence-electron chi connectivity index (χ2n) is 8.84. The van der Waals surface area contributed by atoms with E-state index in [0.29, 0.717) is 17.3 Å². The lowest BCUT2D eigenvalue weighted by Gasteiger charge is -2.24. The highest BCUT2D eigenvalue weighted by Gasteiger charge is 2.25. The minimum Gasteiger partial charge on any atom is -0.357 e. The number of aromatic nitrogens is 7.